The second-order valence-electron chi connectivity index (χ2n) is 4.42. The topological polar surface area (TPSA) is 42.7 Å². The van der Waals surface area contributed by atoms with Crippen LogP contribution in [-0.2, 0) is 7.05 Å². The normalized spacial score (nSPS) is 33.2. The molecule has 0 saturated carbocycles. The van der Waals surface area contributed by atoms with Crippen LogP contribution in [0, 0.1) is 5.92 Å². The molecule has 1 aliphatic heterocycles. The highest BCUT2D eigenvalue weighted by atomic mass is 15.4. The molecule has 1 saturated heterocycles. The van der Waals surface area contributed by atoms with E-state index in [9.17, 15) is 0 Å². The average Bonchev–Trinajstić information content (AvgIpc) is 2.57. The third kappa shape index (κ3) is 1.80. The van der Waals surface area contributed by atoms with E-state index < -0.39 is 0 Å². The number of nitrogens with zero attached hydrogens (tertiary/aromatic N) is 3. The Morgan fingerprint density at radius 3 is 2.86 bits per heavy atom. The number of aromatic nitrogens is 3. The molecule has 0 aromatic carbocycles. The molecule has 0 aliphatic carbocycles. The zero-order valence-corrected chi connectivity index (χ0v) is 9.07. The first-order valence-electron chi connectivity index (χ1n) is 5.26. The van der Waals surface area contributed by atoms with Crippen molar-refractivity contribution < 1.29 is 0 Å². The van der Waals surface area contributed by atoms with Crippen molar-refractivity contribution in [1.82, 2.24) is 20.3 Å². The number of nitrogens with one attached hydrogen (secondary N) is 1. The van der Waals surface area contributed by atoms with E-state index in [1.807, 2.05) is 13.2 Å². The van der Waals surface area contributed by atoms with E-state index in [0.717, 1.165) is 18.2 Å². The highest BCUT2D eigenvalue weighted by molar-refractivity contribution is 5.05. The SMILES string of the molecule is CC1CC(c2cn(C)nn2)CNC1C. The zero-order valence-electron chi connectivity index (χ0n) is 9.07. The molecule has 2 rings (SSSR count). The summed E-state index contributed by atoms with van der Waals surface area (Å²) in [4.78, 5) is 0. The van der Waals surface area contributed by atoms with Crippen molar-refractivity contribution in [2.24, 2.45) is 13.0 Å². The predicted molar refractivity (Wildman–Crippen MR) is 55.0 cm³/mol. The molecule has 4 nitrogen and oxygen atoms in total. The minimum Gasteiger partial charge on any atom is -0.313 e. The van der Waals surface area contributed by atoms with Gasteiger partial charge in [-0.05, 0) is 19.3 Å². The van der Waals surface area contributed by atoms with Crippen LogP contribution in [0.1, 0.15) is 31.9 Å². The fourth-order valence-corrected chi connectivity index (χ4v) is 2.04. The fraction of sp³-hybridized carbons (Fsp3) is 0.800. The summed E-state index contributed by atoms with van der Waals surface area (Å²) < 4.78 is 1.78. The first-order valence-corrected chi connectivity index (χ1v) is 5.26. The molecule has 1 aliphatic rings. The van der Waals surface area contributed by atoms with Gasteiger partial charge in [0.2, 0.25) is 0 Å². The summed E-state index contributed by atoms with van der Waals surface area (Å²) in [7, 11) is 1.92. The summed E-state index contributed by atoms with van der Waals surface area (Å²) in [6.07, 6.45) is 3.24. The Labute approximate surface area is 84.7 Å². The lowest BCUT2D eigenvalue weighted by molar-refractivity contribution is 0.286. The van der Waals surface area contributed by atoms with E-state index in [1.165, 1.54) is 6.42 Å². The quantitative estimate of drug-likeness (QED) is 0.723. The molecule has 0 amide bonds. The lowest BCUT2D eigenvalue weighted by atomic mass is 9.85. The molecule has 0 spiro atoms. The fourth-order valence-electron chi connectivity index (χ4n) is 2.04. The largest absolute Gasteiger partial charge is 0.313 e. The predicted octanol–water partition coefficient (Wildman–Crippen LogP) is 0.917. The third-order valence-electron chi connectivity index (χ3n) is 3.23. The van der Waals surface area contributed by atoms with Crippen LogP contribution in [0.2, 0.25) is 0 Å². The second-order valence-corrected chi connectivity index (χ2v) is 4.42. The van der Waals surface area contributed by atoms with E-state index in [1.54, 1.807) is 4.68 Å². The molecule has 3 unspecified atom stereocenters. The van der Waals surface area contributed by atoms with Crippen LogP contribution in [-0.4, -0.2) is 27.6 Å². The first kappa shape index (κ1) is 9.65. The Morgan fingerprint density at radius 1 is 1.50 bits per heavy atom. The van der Waals surface area contributed by atoms with Gasteiger partial charge in [0, 0.05) is 31.7 Å². The third-order valence-corrected chi connectivity index (χ3v) is 3.23. The van der Waals surface area contributed by atoms with Crippen LogP contribution < -0.4 is 5.32 Å². The first-order chi connectivity index (χ1) is 6.66. The molecule has 0 bridgehead atoms. The van der Waals surface area contributed by atoms with Gasteiger partial charge in [-0.1, -0.05) is 12.1 Å². The Kier molecular flexibility index (Phi) is 2.54. The average molecular weight is 194 g/mol. The minimum atomic E-state index is 0.537. The van der Waals surface area contributed by atoms with Crippen LogP contribution in [0.5, 0.6) is 0 Å². The van der Waals surface area contributed by atoms with Crippen LogP contribution in [0.4, 0.5) is 0 Å². The summed E-state index contributed by atoms with van der Waals surface area (Å²) >= 11 is 0. The molecule has 1 N–H and O–H groups in total. The van der Waals surface area contributed by atoms with E-state index in [0.29, 0.717) is 12.0 Å². The zero-order chi connectivity index (χ0) is 10.1. The molecular weight excluding hydrogens is 176 g/mol. The Morgan fingerprint density at radius 2 is 2.29 bits per heavy atom. The monoisotopic (exact) mass is 194 g/mol. The molecule has 4 heteroatoms. The van der Waals surface area contributed by atoms with Crippen LogP contribution in [0.25, 0.3) is 0 Å². The maximum Gasteiger partial charge on any atom is 0.0870 e. The van der Waals surface area contributed by atoms with Gasteiger partial charge in [0.05, 0.1) is 5.69 Å². The summed E-state index contributed by atoms with van der Waals surface area (Å²) in [6, 6.07) is 0.628. The number of aryl methyl sites for hydroxylation is 1. The number of hydrogen-bond acceptors (Lipinski definition) is 3. The number of rotatable bonds is 1. The molecular formula is C10H18N4. The van der Waals surface area contributed by atoms with E-state index in [4.69, 9.17) is 0 Å². The van der Waals surface area contributed by atoms with E-state index >= 15 is 0 Å². The Balaban J connectivity index is 2.06. The maximum absolute atomic E-state index is 4.17. The maximum atomic E-state index is 4.17. The lowest BCUT2D eigenvalue weighted by Gasteiger charge is -2.32. The van der Waals surface area contributed by atoms with Crippen LogP contribution in [0.3, 0.4) is 0 Å². The molecule has 1 aromatic rings. The van der Waals surface area contributed by atoms with Crippen molar-refractivity contribution >= 4 is 0 Å². The number of hydrogen-bond donors (Lipinski definition) is 1. The van der Waals surface area contributed by atoms with Crippen LogP contribution >= 0.6 is 0 Å². The summed E-state index contributed by atoms with van der Waals surface area (Å²) in [6.45, 7) is 5.57. The summed E-state index contributed by atoms with van der Waals surface area (Å²) in [5.41, 5.74) is 1.12. The summed E-state index contributed by atoms with van der Waals surface area (Å²) in [5, 5.41) is 11.7. The van der Waals surface area contributed by atoms with Gasteiger partial charge in [0.25, 0.3) is 0 Å². The second kappa shape index (κ2) is 3.69. The van der Waals surface area contributed by atoms with Crippen molar-refractivity contribution in [3.63, 3.8) is 0 Å². The summed E-state index contributed by atoms with van der Waals surface area (Å²) in [5.74, 6) is 1.26. The van der Waals surface area contributed by atoms with Crippen molar-refractivity contribution in [2.45, 2.75) is 32.2 Å². The van der Waals surface area contributed by atoms with Crippen molar-refractivity contribution in [3.05, 3.63) is 11.9 Å². The highest BCUT2D eigenvalue weighted by Crippen LogP contribution is 2.27. The highest BCUT2D eigenvalue weighted by Gasteiger charge is 2.26. The Hall–Kier alpha value is -0.900. The molecule has 1 aromatic heterocycles. The van der Waals surface area contributed by atoms with Crippen molar-refractivity contribution in [1.29, 1.82) is 0 Å². The van der Waals surface area contributed by atoms with Gasteiger partial charge in [-0.25, -0.2) is 0 Å². The van der Waals surface area contributed by atoms with Gasteiger partial charge in [-0.2, -0.15) is 0 Å². The molecule has 0 radical (unpaired) electrons. The van der Waals surface area contributed by atoms with Gasteiger partial charge in [-0.3, -0.25) is 4.68 Å². The molecule has 3 atom stereocenters. The lowest BCUT2D eigenvalue weighted by Crippen LogP contribution is -2.41. The molecule has 1 fully saturated rings. The molecule has 14 heavy (non-hydrogen) atoms. The number of piperidine rings is 1. The van der Waals surface area contributed by atoms with E-state index in [-0.39, 0.29) is 0 Å². The Bertz CT molecular complexity index is 307. The van der Waals surface area contributed by atoms with Gasteiger partial charge in [0.15, 0.2) is 0 Å². The smallest absolute Gasteiger partial charge is 0.0870 e. The van der Waals surface area contributed by atoms with Crippen molar-refractivity contribution in [3.8, 4) is 0 Å². The standard InChI is InChI=1S/C10H18N4/c1-7-4-9(5-11-8(7)2)10-6-14(3)13-12-10/h6-9,11H,4-5H2,1-3H3. The van der Waals surface area contributed by atoms with Crippen molar-refractivity contribution in [2.75, 3.05) is 6.54 Å². The van der Waals surface area contributed by atoms with Gasteiger partial charge in [-0.15, -0.1) is 5.10 Å². The molecule has 2 heterocycles. The van der Waals surface area contributed by atoms with Gasteiger partial charge < -0.3 is 5.32 Å². The van der Waals surface area contributed by atoms with Gasteiger partial charge >= 0.3 is 0 Å². The van der Waals surface area contributed by atoms with E-state index in [2.05, 4.69) is 29.5 Å². The van der Waals surface area contributed by atoms with Crippen LogP contribution in [0.15, 0.2) is 6.20 Å². The molecule has 78 valence electrons. The minimum absolute atomic E-state index is 0.537. The van der Waals surface area contributed by atoms with Gasteiger partial charge in [0.1, 0.15) is 0 Å².